The second-order valence-corrected chi connectivity index (χ2v) is 15.1. The predicted octanol–water partition coefficient (Wildman–Crippen LogP) is 2.27. The zero-order valence-corrected chi connectivity index (χ0v) is 23.5. The van der Waals surface area contributed by atoms with E-state index < -0.39 is 19.6 Å². The topological polar surface area (TPSA) is 105 Å². The number of aliphatic hydroxyl groups is 2. The fraction of sp³-hybridized carbons (Fsp3) is 0.444. The van der Waals surface area contributed by atoms with Crippen molar-refractivity contribution in [3.8, 4) is 11.4 Å². The van der Waals surface area contributed by atoms with E-state index in [0.717, 1.165) is 35.5 Å². The molecule has 10 heteroatoms. The number of fused-ring (bicyclic) bond motifs is 5. The molecular weight excluding hydrogens is 510 g/mol. The summed E-state index contributed by atoms with van der Waals surface area (Å²) in [5.41, 5.74) is 1.58. The van der Waals surface area contributed by atoms with Gasteiger partial charge in [-0.1, -0.05) is 31.6 Å². The molecule has 0 aliphatic carbocycles. The van der Waals surface area contributed by atoms with Gasteiger partial charge < -0.3 is 24.4 Å². The van der Waals surface area contributed by atoms with Gasteiger partial charge in [-0.25, -0.2) is 9.78 Å². The molecule has 0 saturated carbocycles. The number of hydrogen-bond acceptors (Lipinski definition) is 7. The molecular formula is C27H34ClN3O5Si. The van der Waals surface area contributed by atoms with E-state index in [4.69, 9.17) is 9.72 Å². The quantitative estimate of drug-likeness (QED) is 0.272. The summed E-state index contributed by atoms with van der Waals surface area (Å²) in [5, 5.41) is 23.7. The molecule has 2 aromatic heterocycles. The van der Waals surface area contributed by atoms with Crippen LogP contribution in [0.25, 0.3) is 22.3 Å². The Hall–Kier alpha value is -2.56. The number of rotatable bonds is 7. The summed E-state index contributed by atoms with van der Waals surface area (Å²) in [6, 6.07) is 10.9. The van der Waals surface area contributed by atoms with Crippen LogP contribution in [0, 0.1) is 0 Å². The number of aromatic nitrogens is 2. The van der Waals surface area contributed by atoms with Crippen molar-refractivity contribution in [2.45, 2.75) is 51.1 Å². The molecule has 1 aromatic carbocycles. The van der Waals surface area contributed by atoms with Crippen molar-refractivity contribution in [3.63, 3.8) is 0 Å². The molecule has 2 N–H and O–H groups in total. The number of cyclic esters (lactones) is 1. The Morgan fingerprint density at radius 1 is 1.24 bits per heavy atom. The van der Waals surface area contributed by atoms with Gasteiger partial charge >= 0.3 is 5.97 Å². The van der Waals surface area contributed by atoms with Crippen LogP contribution in [0.15, 0.2) is 35.1 Å². The van der Waals surface area contributed by atoms with Crippen LogP contribution in [0.2, 0.25) is 12.6 Å². The Balaban J connectivity index is 0.00000320. The number of ether oxygens (including phenoxy) is 1. The van der Waals surface area contributed by atoms with Crippen molar-refractivity contribution in [3.05, 3.63) is 57.4 Å². The van der Waals surface area contributed by atoms with Gasteiger partial charge in [-0.05, 0) is 62.3 Å². The van der Waals surface area contributed by atoms with Crippen LogP contribution in [0.3, 0.4) is 0 Å². The van der Waals surface area contributed by atoms with E-state index in [1.165, 1.54) is 5.19 Å². The normalized spacial score (nSPS) is 19.6. The van der Waals surface area contributed by atoms with E-state index in [2.05, 4.69) is 37.7 Å². The Morgan fingerprint density at radius 3 is 2.68 bits per heavy atom. The molecule has 198 valence electrons. The average molecular weight is 544 g/mol. The van der Waals surface area contributed by atoms with Gasteiger partial charge in [-0.15, -0.1) is 12.4 Å². The van der Waals surface area contributed by atoms with E-state index in [1.54, 1.807) is 17.6 Å². The number of aliphatic hydroxyl groups excluding tert-OH is 1. The maximum Gasteiger partial charge on any atom is 0.343 e. The summed E-state index contributed by atoms with van der Waals surface area (Å²) in [7, 11) is 1.94. The number of hydrogen-bond donors (Lipinski definition) is 2. The number of halogens is 1. The van der Waals surface area contributed by atoms with Crippen LogP contribution in [-0.4, -0.2) is 65.6 Å². The highest BCUT2D eigenvalue weighted by Gasteiger charge is 2.45. The van der Waals surface area contributed by atoms with E-state index >= 15 is 0 Å². The lowest BCUT2D eigenvalue weighted by Gasteiger charge is -2.31. The minimum Gasteiger partial charge on any atom is -0.458 e. The predicted molar refractivity (Wildman–Crippen MR) is 148 cm³/mol. The zero-order chi connectivity index (χ0) is 25.8. The van der Waals surface area contributed by atoms with E-state index in [-0.39, 0.29) is 37.2 Å². The molecule has 0 bridgehead atoms. The summed E-state index contributed by atoms with van der Waals surface area (Å²) in [4.78, 5) is 33.0. The Kier molecular flexibility index (Phi) is 7.39. The Labute approximate surface area is 223 Å². The van der Waals surface area contributed by atoms with E-state index in [9.17, 15) is 19.8 Å². The third-order valence-electron chi connectivity index (χ3n) is 7.89. The molecule has 3 aromatic rings. The summed E-state index contributed by atoms with van der Waals surface area (Å²) in [6.45, 7) is 5.12. The van der Waals surface area contributed by atoms with Crippen LogP contribution in [0.4, 0.5) is 0 Å². The minimum atomic E-state index is -2.17. The summed E-state index contributed by atoms with van der Waals surface area (Å²) in [6.07, 6.45) is 1.28. The van der Waals surface area contributed by atoms with E-state index in [1.807, 2.05) is 12.1 Å². The van der Waals surface area contributed by atoms with Crippen LogP contribution < -0.4 is 10.7 Å². The summed E-state index contributed by atoms with van der Waals surface area (Å²) >= 11 is 0. The minimum absolute atomic E-state index is 0. The number of esters is 1. The molecule has 8 nitrogen and oxygen atoms in total. The van der Waals surface area contributed by atoms with Crippen molar-refractivity contribution < 1.29 is 19.7 Å². The van der Waals surface area contributed by atoms with Gasteiger partial charge in [0.2, 0.25) is 0 Å². The van der Waals surface area contributed by atoms with Crippen molar-refractivity contribution in [2.24, 2.45) is 0 Å². The molecule has 0 fully saturated rings. The largest absolute Gasteiger partial charge is 0.458 e. The maximum absolute atomic E-state index is 13.4. The van der Waals surface area contributed by atoms with Crippen LogP contribution in [-0.2, 0) is 28.3 Å². The smallest absolute Gasteiger partial charge is 0.343 e. The van der Waals surface area contributed by atoms with Crippen molar-refractivity contribution in [2.75, 3.05) is 26.9 Å². The second-order valence-electron chi connectivity index (χ2n) is 10.6. The van der Waals surface area contributed by atoms with Gasteiger partial charge in [-0.3, -0.25) is 4.79 Å². The molecule has 2 aliphatic rings. The number of benzene rings is 1. The first-order valence-electron chi connectivity index (χ1n) is 12.5. The zero-order valence-electron chi connectivity index (χ0n) is 21.7. The average Bonchev–Trinajstić information content (AvgIpc) is 3.22. The molecule has 1 unspecified atom stereocenters. The number of carbonyl (C=O) groups is 1. The molecule has 37 heavy (non-hydrogen) atoms. The first-order valence-corrected chi connectivity index (χ1v) is 15.4. The van der Waals surface area contributed by atoms with Gasteiger partial charge in [0.15, 0.2) is 5.60 Å². The lowest BCUT2D eigenvalue weighted by Crippen LogP contribution is -2.49. The number of nitrogens with zero attached hydrogens (tertiary/aromatic N) is 3. The Morgan fingerprint density at radius 2 is 2.00 bits per heavy atom. The Bertz CT molecular complexity index is 1440. The highest BCUT2D eigenvalue weighted by atomic mass is 35.5. The highest BCUT2D eigenvalue weighted by molar-refractivity contribution is 6.92. The molecule has 0 saturated heterocycles. The second kappa shape index (κ2) is 9.96. The molecule has 5 rings (SSSR count). The first-order chi connectivity index (χ1) is 17.1. The molecule has 2 atom stereocenters. The maximum atomic E-state index is 13.4. The third-order valence-corrected chi connectivity index (χ3v) is 11.8. The highest BCUT2D eigenvalue weighted by Crippen LogP contribution is 2.38. The van der Waals surface area contributed by atoms with Crippen molar-refractivity contribution in [1.82, 2.24) is 14.5 Å². The molecule has 0 amide bonds. The fourth-order valence-electron chi connectivity index (χ4n) is 5.61. The first kappa shape index (κ1) is 27.5. The summed E-state index contributed by atoms with van der Waals surface area (Å²) < 4.78 is 6.82. The van der Waals surface area contributed by atoms with Crippen LogP contribution >= 0.6 is 12.4 Å². The van der Waals surface area contributed by atoms with Gasteiger partial charge in [0.05, 0.1) is 29.0 Å². The fourth-order valence-corrected chi connectivity index (χ4v) is 8.50. The van der Waals surface area contributed by atoms with Gasteiger partial charge in [0, 0.05) is 17.4 Å². The van der Waals surface area contributed by atoms with E-state index in [0.29, 0.717) is 29.1 Å². The SMILES string of the molecule is CC[C@@]1(O)C(=O)OCc2c1cc1n(c2=O)Cc2cc3c([Si](C)(CO)CCCN(C)C)cccc3nc2-1.Cl. The number of carbonyl (C=O) groups excluding carboxylic acids is 1. The number of pyridine rings is 2. The van der Waals surface area contributed by atoms with Crippen molar-refractivity contribution >= 4 is 42.5 Å². The summed E-state index contributed by atoms with van der Waals surface area (Å²) in [5.74, 6) is -0.723. The van der Waals surface area contributed by atoms with Gasteiger partial charge in [0.1, 0.15) is 14.7 Å². The van der Waals surface area contributed by atoms with Crippen molar-refractivity contribution in [1.29, 1.82) is 0 Å². The lowest BCUT2D eigenvalue weighted by molar-refractivity contribution is -0.172. The van der Waals surface area contributed by atoms with Gasteiger partial charge in [0.25, 0.3) is 5.56 Å². The molecule has 2 aliphatic heterocycles. The lowest BCUT2D eigenvalue weighted by atomic mass is 9.86. The van der Waals surface area contributed by atoms with Crippen LogP contribution in [0.5, 0.6) is 0 Å². The molecule has 4 heterocycles. The van der Waals surface area contributed by atoms with Gasteiger partial charge in [-0.2, -0.15) is 0 Å². The monoisotopic (exact) mass is 543 g/mol. The molecule has 0 radical (unpaired) electrons. The molecule has 0 spiro atoms. The third kappa shape index (κ3) is 4.32. The standard InChI is InChI=1S/C27H33N3O5Si.ClH/c1-5-27(34)20-13-22-24-17(14-30(22)25(32)19(20)15-35-26(27)33)12-18-21(28-24)8-6-9-23(18)36(4,16-31)11-7-10-29(2)3;/h6,8-9,12-13,31,34H,5,7,10-11,14-16H2,1-4H3;1H/t27-,36?;/m0./s1. The van der Waals surface area contributed by atoms with Crippen LogP contribution in [0.1, 0.15) is 36.5 Å².